The van der Waals surface area contributed by atoms with Gasteiger partial charge < -0.3 is 15.0 Å². The van der Waals surface area contributed by atoms with Crippen molar-refractivity contribution in [3.05, 3.63) is 30.3 Å². The Morgan fingerprint density at radius 1 is 1.25 bits per heavy atom. The Morgan fingerprint density at radius 2 is 1.96 bits per heavy atom. The third kappa shape index (κ3) is 7.04. The maximum absolute atomic E-state index is 11.8. The van der Waals surface area contributed by atoms with E-state index in [-0.39, 0.29) is 37.4 Å². The maximum atomic E-state index is 11.8. The first-order valence-corrected chi connectivity index (χ1v) is 8.90. The van der Waals surface area contributed by atoms with Crippen molar-refractivity contribution in [2.24, 2.45) is 0 Å². The first-order chi connectivity index (χ1) is 11.5. The van der Waals surface area contributed by atoms with Gasteiger partial charge in [-0.15, -0.1) is 11.8 Å². The van der Waals surface area contributed by atoms with Crippen LogP contribution in [-0.2, 0) is 19.1 Å². The molecule has 24 heavy (non-hydrogen) atoms. The fraction of sp³-hybridized carbons (Fsp3) is 0.471. The normalized spacial score (nSPS) is 13.2. The van der Waals surface area contributed by atoms with Gasteiger partial charge in [0.2, 0.25) is 5.91 Å². The van der Waals surface area contributed by atoms with Gasteiger partial charge in [-0.2, -0.15) is 0 Å². The van der Waals surface area contributed by atoms with E-state index in [0.29, 0.717) is 5.75 Å². The summed E-state index contributed by atoms with van der Waals surface area (Å²) in [4.78, 5) is 37.5. The van der Waals surface area contributed by atoms with E-state index in [0.717, 1.165) is 17.7 Å². The lowest BCUT2D eigenvalue weighted by atomic mass is 10.4. The summed E-state index contributed by atoms with van der Waals surface area (Å²) in [5, 5.41) is 2.80. The molecule has 0 radical (unpaired) electrons. The number of nitrogens with one attached hydrogen (secondary N) is 1. The minimum Gasteiger partial charge on any atom is -0.456 e. The first kappa shape index (κ1) is 18.3. The van der Waals surface area contributed by atoms with Gasteiger partial charge in [0.05, 0.1) is 13.0 Å². The van der Waals surface area contributed by atoms with Gasteiger partial charge >= 0.3 is 5.97 Å². The van der Waals surface area contributed by atoms with Crippen LogP contribution < -0.4 is 5.32 Å². The van der Waals surface area contributed by atoms with Crippen LogP contribution >= 0.6 is 11.8 Å². The van der Waals surface area contributed by atoms with E-state index < -0.39 is 5.97 Å². The molecule has 0 atom stereocenters. The number of rotatable bonds is 9. The van der Waals surface area contributed by atoms with E-state index in [1.165, 1.54) is 11.9 Å². The van der Waals surface area contributed by atoms with E-state index in [4.69, 9.17) is 4.74 Å². The van der Waals surface area contributed by atoms with Crippen LogP contribution in [0.2, 0.25) is 0 Å². The molecule has 1 aromatic carbocycles. The zero-order valence-electron chi connectivity index (χ0n) is 13.7. The van der Waals surface area contributed by atoms with Crippen LogP contribution in [0.5, 0.6) is 0 Å². The maximum Gasteiger partial charge on any atom is 0.307 e. The molecule has 0 bridgehead atoms. The zero-order chi connectivity index (χ0) is 17.4. The van der Waals surface area contributed by atoms with Gasteiger partial charge in [0.15, 0.2) is 6.61 Å². The van der Waals surface area contributed by atoms with Crippen molar-refractivity contribution >= 4 is 29.5 Å². The van der Waals surface area contributed by atoms with Gasteiger partial charge in [-0.25, -0.2) is 0 Å². The number of hydrogen-bond donors (Lipinski definition) is 1. The molecule has 1 aliphatic rings. The van der Waals surface area contributed by atoms with Crippen molar-refractivity contribution in [2.45, 2.75) is 30.2 Å². The van der Waals surface area contributed by atoms with E-state index in [9.17, 15) is 14.4 Å². The molecule has 6 nitrogen and oxygen atoms in total. The van der Waals surface area contributed by atoms with Gasteiger partial charge in [-0.05, 0) is 25.0 Å². The molecule has 0 heterocycles. The number of hydrogen-bond acceptors (Lipinski definition) is 5. The number of carbonyl (C=O) groups is 3. The van der Waals surface area contributed by atoms with E-state index in [1.54, 1.807) is 11.8 Å². The third-order valence-corrected chi connectivity index (χ3v) is 4.44. The Kier molecular flexibility index (Phi) is 7.11. The van der Waals surface area contributed by atoms with E-state index in [2.05, 4.69) is 5.32 Å². The molecular weight excluding hydrogens is 328 g/mol. The highest BCUT2D eigenvalue weighted by Crippen LogP contribution is 2.18. The van der Waals surface area contributed by atoms with E-state index >= 15 is 0 Å². The molecule has 1 aliphatic carbocycles. The summed E-state index contributed by atoms with van der Waals surface area (Å²) in [6, 6.07) is 10.0. The number of carbonyl (C=O) groups excluding carboxylic acids is 3. The van der Waals surface area contributed by atoms with Crippen molar-refractivity contribution in [1.82, 2.24) is 10.2 Å². The van der Waals surface area contributed by atoms with E-state index in [1.807, 2.05) is 30.3 Å². The van der Waals surface area contributed by atoms with Crippen LogP contribution in [0, 0.1) is 0 Å². The Labute approximate surface area is 145 Å². The summed E-state index contributed by atoms with van der Waals surface area (Å²) in [7, 11) is 1.52. The lowest BCUT2D eigenvalue weighted by molar-refractivity contribution is -0.151. The Bertz CT molecular complexity index is 575. The molecule has 1 saturated carbocycles. The first-order valence-electron chi connectivity index (χ1n) is 7.91. The van der Waals surface area contributed by atoms with Gasteiger partial charge in [0.1, 0.15) is 0 Å². The van der Waals surface area contributed by atoms with Gasteiger partial charge in [-0.3, -0.25) is 14.4 Å². The highest BCUT2D eigenvalue weighted by Gasteiger charge is 2.24. The molecule has 0 spiro atoms. The Morgan fingerprint density at radius 3 is 2.62 bits per heavy atom. The predicted octanol–water partition coefficient (Wildman–Crippen LogP) is 1.45. The third-order valence-electron chi connectivity index (χ3n) is 3.42. The van der Waals surface area contributed by atoms with Crippen molar-refractivity contribution in [2.75, 3.05) is 26.0 Å². The van der Waals surface area contributed by atoms with Gasteiger partial charge in [0, 0.05) is 23.7 Å². The topological polar surface area (TPSA) is 75.7 Å². The molecule has 2 rings (SSSR count). The van der Waals surface area contributed by atoms with Crippen molar-refractivity contribution in [1.29, 1.82) is 0 Å². The standard InChI is InChI=1S/C17H22N2O4S/c1-19(11-15(20)18-13-7-8-13)16(21)12-23-17(22)9-10-24-14-5-3-2-4-6-14/h2-6,13H,7-12H2,1H3,(H,18,20). The fourth-order valence-corrected chi connectivity index (χ4v) is 2.75. The summed E-state index contributed by atoms with van der Waals surface area (Å²) in [6.07, 6.45) is 2.24. The minimum absolute atomic E-state index is 0.0171. The lowest BCUT2D eigenvalue weighted by Crippen LogP contribution is -2.40. The second kappa shape index (κ2) is 9.32. The largest absolute Gasteiger partial charge is 0.456 e. The average Bonchev–Trinajstić information content (AvgIpc) is 3.37. The molecule has 0 aromatic heterocycles. The number of amides is 2. The molecule has 0 aliphatic heterocycles. The summed E-state index contributed by atoms with van der Waals surface area (Å²) in [6.45, 7) is -0.348. The molecule has 130 valence electrons. The minimum atomic E-state index is -0.414. The number of esters is 1. The highest BCUT2D eigenvalue weighted by molar-refractivity contribution is 7.99. The number of benzene rings is 1. The molecular formula is C17H22N2O4S. The zero-order valence-corrected chi connectivity index (χ0v) is 14.5. The smallest absolute Gasteiger partial charge is 0.307 e. The number of nitrogens with zero attached hydrogens (tertiary/aromatic N) is 1. The van der Waals surface area contributed by atoms with Gasteiger partial charge in [0.25, 0.3) is 5.91 Å². The molecule has 7 heteroatoms. The van der Waals surface area contributed by atoms with Crippen LogP contribution in [0.1, 0.15) is 19.3 Å². The summed E-state index contributed by atoms with van der Waals surface area (Å²) >= 11 is 1.56. The quantitative estimate of drug-likeness (QED) is 0.539. The monoisotopic (exact) mass is 350 g/mol. The number of ether oxygens (including phenoxy) is 1. The summed E-state index contributed by atoms with van der Waals surface area (Å²) in [5.41, 5.74) is 0. The van der Waals surface area contributed by atoms with Crippen LogP contribution in [0.3, 0.4) is 0 Å². The average molecular weight is 350 g/mol. The molecule has 1 aromatic rings. The second-order valence-corrected chi connectivity index (χ2v) is 6.83. The molecule has 0 unspecified atom stereocenters. The van der Waals surface area contributed by atoms with Crippen LogP contribution in [-0.4, -0.2) is 54.7 Å². The number of likely N-dealkylation sites (N-methyl/N-ethyl adjacent to an activating group) is 1. The van der Waals surface area contributed by atoms with Crippen molar-refractivity contribution < 1.29 is 19.1 Å². The molecule has 1 fully saturated rings. The van der Waals surface area contributed by atoms with Crippen molar-refractivity contribution in [3.63, 3.8) is 0 Å². The van der Waals surface area contributed by atoms with Crippen LogP contribution in [0.25, 0.3) is 0 Å². The number of thioether (sulfide) groups is 1. The van der Waals surface area contributed by atoms with Crippen molar-refractivity contribution in [3.8, 4) is 0 Å². The Hall–Kier alpha value is -2.02. The summed E-state index contributed by atoms with van der Waals surface area (Å²) < 4.78 is 4.96. The highest BCUT2D eigenvalue weighted by atomic mass is 32.2. The molecule has 1 N–H and O–H groups in total. The second-order valence-electron chi connectivity index (χ2n) is 5.66. The fourth-order valence-electron chi connectivity index (χ4n) is 1.90. The van der Waals surface area contributed by atoms with Gasteiger partial charge in [-0.1, -0.05) is 18.2 Å². The Balaban J connectivity index is 1.57. The SMILES string of the molecule is CN(CC(=O)NC1CC1)C(=O)COC(=O)CCSc1ccccc1. The van der Waals surface area contributed by atoms with Crippen LogP contribution in [0.15, 0.2) is 35.2 Å². The molecule has 2 amide bonds. The molecule has 0 saturated heterocycles. The van der Waals surface area contributed by atoms with Crippen LogP contribution in [0.4, 0.5) is 0 Å². The summed E-state index contributed by atoms with van der Waals surface area (Å²) in [5.74, 6) is -0.386. The lowest BCUT2D eigenvalue weighted by Gasteiger charge is -2.16. The predicted molar refractivity (Wildman–Crippen MR) is 91.5 cm³/mol.